The van der Waals surface area contributed by atoms with Gasteiger partial charge in [-0.15, -0.1) is 0 Å². The largest absolute Gasteiger partial charge is 0.493 e. The summed E-state index contributed by atoms with van der Waals surface area (Å²) < 4.78 is 5.63. The molecule has 98 valence electrons. The summed E-state index contributed by atoms with van der Waals surface area (Å²) in [5, 5.41) is 6.16. The lowest BCUT2D eigenvalue weighted by Crippen LogP contribution is -2.47. The lowest BCUT2D eigenvalue weighted by molar-refractivity contribution is -0.125. The topological polar surface area (TPSA) is 62.7 Å². The number of para-hydroxylation sites is 1. The predicted octanol–water partition coefficient (Wildman–Crippen LogP) is 0.902. The standard InChI is InChI=1S/C14H15N3O2/c18-12-14(17-13(16-12)15-9-5-6-9)7-8-19-11-4-2-1-3-10(11)14/h1-4,9H,5-8H2,(H2,15,16,17,18). The van der Waals surface area contributed by atoms with Crippen LogP contribution < -0.4 is 15.4 Å². The second kappa shape index (κ2) is 3.73. The second-order valence-corrected chi connectivity index (χ2v) is 5.29. The normalized spacial score (nSPS) is 30.7. The Balaban J connectivity index is 1.76. The van der Waals surface area contributed by atoms with Crippen LogP contribution in [0.4, 0.5) is 0 Å². The van der Waals surface area contributed by atoms with Gasteiger partial charge in [-0.1, -0.05) is 18.2 Å². The van der Waals surface area contributed by atoms with E-state index in [1.807, 2.05) is 24.3 Å². The van der Waals surface area contributed by atoms with E-state index in [1.165, 1.54) is 0 Å². The first-order valence-electron chi connectivity index (χ1n) is 6.68. The molecule has 19 heavy (non-hydrogen) atoms. The molecule has 1 aliphatic carbocycles. The molecule has 0 aromatic heterocycles. The molecule has 1 spiro atoms. The van der Waals surface area contributed by atoms with Crippen LogP contribution in [0.25, 0.3) is 0 Å². The number of nitrogens with zero attached hydrogens (tertiary/aromatic N) is 1. The van der Waals surface area contributed by atoms with Crippen molar-refractivity contribution in [1.82, 2.24) is 10.6 Å². The van der Waals surface area contributed by atoms with E-state index in [2.05, 4.69) is 15.6 Å². The summed E-state index contributed by atoms with van der Waals surface area (Å²) in [6.07, 6.45) is 2.86. The minimum absolute atomic E-state index is 0.0253. The van der Waals surface area contributed by atoms with Crippen molar-refractivity contribution >= 4 is 11.9 Å². The van der Waals surface area contributed by atoms with Crippen molar-refractivity contribution in [2.75, 3.05) is 6.61 Å². The first-order chi connectivity index (χ1) is 9.28. The molecule has 1 aromatic rings. The van der Waals surface area contributed by atoms with Crippen molar-refractivity contribution < 1.29 is 9.53 Å². The van der Waals surface area contributed by atoms with Crippen LogP contribution in [0.3, 0.4) is 0 Å². The molecule has 2 N–H and O–H groups in total. The number of nitrogens with one attached hydrogen (secondary N) is 2. The van der Waals surface area contributed by atoms with Crippen LogP contribution in [0.2, 0.25) is 0 Å². The Bertz CT molecular complexity index is 580. The number of fused-ring (bicyclic) bond motifs is 2. The maximum absolute atomic E-state index is 12.4. The summed E-state index contributed by atoms with van der Waals surface area (Å²) in [6, 6.07) is 8.08. The highest BCUT2D eigenvalue weighted by atomic mass is 16.5. The monoisotopic (exact) mass is 257 g/mol. The van der Waals surface area contributed by atoms with Crippen molar-refractivity contribution in [1.29, 1.82) is 0 Å². The van der Waals surface area contributed by atoms with Gasteiger partial charge in [-0.2, -0.15) is 0 Å². The quantitative estimate of drug-likeness (QED) is 0.786. The lowest BCUT2D eigenvalue weighted by atomic mass is 9.85. The zero-order valence-electron chi connectivity index (χ0n) is 10.5. The average molecular weight is 257 g/mol. The third-order valence-corrected chi connectivity index (χ3v) is 3.89. The number of hydrogen-bond acceptors (Lipinski definition) is 3. The van der Waals surface area contributed by atoms with Gasteiger partial charge in [0.15, 0.2) is 11.5 Å². The molecule has 1 atom stereocenters. The van der Waals surface area contributed by atoms with Gasteiger partial charge in [0.2, 0.25) is 0 Å². The molecule has 3 aliphatic rings. The molecule has 1 unspecified atom stereocenters. The predicted molar refractivity (Wildman–Crippen MR) is 70.0 cm³/mol. The molecule has 2 aliphatic heterocycles. The highest BCUT2D eigenvalue weighted by Crippen LogP contribution is 2.39. The van der Waals surface area contributed by atoms with Crippen LogP contribution in [0.5, 0.6) is 5.75 Å². The number of aliphatic imine (C=N–C) groups is 1. The number of carbonyl (C=O) groups excluding carboxylic acids is 1. The molecule has 5 nitrogen and oxygen atoms in total. The maximum atomic E-state index is 12.4. The second-order valence-electron chi connectivity index (χ2n) is 5.29. The van der Waals surface area contributed by atoms with E-state index in [4.69, 9.17) is 4.74 Å². The van der Waals surface area contributed by atoms with E-state index in [-0.39, 0.29) is 5.91 Å². The van der Waals surface area contributed by atoms with Gasteiger partial charge in [-0.05, 0) is 18.9 Å². The number of hydrogen-bond donors (Lipinski definition) is 2. The van der Waals surface area contributed by atoms with Crippen molar-refractivity contribution in [2.45, 2.75) is 30.8 Å². The first kappa shape index (κ1) is 10.8. The van der Waals surface area contributed by atoms with Gasteiger partial charge in [0.25, 0.3) is 5.91 Å². The zero-order chi connectivity index (χ0) is 12.9. The Morgan fingerprint density at radius 1 is 1.32 bits per heavy atom. The molecule has 2 fully saturated rings. The summed E-state index contributed by atoms with van der Waals surface area (Å²) in [6.45, 7) is 0.536. The van der Waals surface area contributed by atoms with E-state index in [9.17, 15) is 4.79 Å². The minimum atomic E-state index is -0.706. The van der Waals surface area contributed by atoms with Gasteiger partial charge in [0.05, 0.1) is 12.6 Å². The van der Waals surface area contributed by atoms with Crippen molar-refractivity contribution in [3.8, 4) is 5.75 Å². The van der Waals surface area contributed by atoms with Crippen molar-refractivity contribution in [3.05, 3.63) is 29.8 Å². The molecular weight excluding hydrogens is 242 g/mol. The Morgan fingerprint density at radius 3 is 3.00 bits per heavy atom. The number of carbonyl (C=O) groups is 1. The van der Waals surface area contributed by atoms with Crippen LogP contribution in [0.1, 0.15) is 24.8 Å². The molecule has 1 amide bonds. The third kappa shape index (κ3) is 1.61. The van der Waals surface area contributed by atoms with E-state index < -0.39 is 5.54 Å². The molecule has 2 heterocycles. The van der Waals surface area contributed by atoms with Gasteiger partial charge in [0.1, 0.15) is 5.75 Å². The number of amides is 1. The summed E-state index contributed by atoms with van der Waals surface area (Å²) in [7, 11) is 0. The number of benzene rings is 1. The highest BCUT2D eigenvalue weighted by molar-refractivity contribution is 6.09. The molecule has 5 heteroatoms. The SMILES string of the molecule is O=C1NC(=NC2CC2)NC12CCOc1ccccc12. The van der Waals surface area contributed by atoms with E-state index in [0.29, 0.717) is 25.0 Å². The number of rotatable bonds is 1. The van der Waals surface area contributed by atoms with Crippen molar-refractivity contribution in [3.63, 3.8) is 0 Å². The van der Waals surface area contributed by atoms with Gasteiger partial charge in [-0.3, -0.25) is 10.1 Å². The fourth-order valence-corrected chi connectivity index (χ4v) is 2.71. The van der Waals surface area contributed by atoms with E-state index >= 15 is 0 Å². The van der Waals surface area contributed by atoms with Crippen LogP contribution in [0, 0.1) is 0 Å². The molecule has 4 rings (SSSR count). The van der Waals surface area contributed by atoms with Crippen LogP contribution in [-0.2, 0) is 10.3 Å². The number of guanidine groups is 1. The van der Waals surface area contributed by atoms with Crippen LogP contribution in [-0.4, -0.2) is 24.5 Å². The van der Waals surface area contributed by atoms with Crippen molar-refractivity contribution in [2.24, 2.45) is 4.99 Å². The molecule has 0 radical (unpaired) electrons. The maximum Gasteiger partial charge on any atom is 0.257 e. The summed E-state index contributed by atoms with van der Waals surface area (Å²) in [5.74, 6) is 1.37. The van der Waals surface area contributed by atoms with E-state index in [0.717, 1.165) is 24.2 Å². The Morgan fingerprint density at radius 2 is 2.16 bits per heavy atom. The molecule has 0 bridgehead atoms. The highest BCUT2D eigenvalue weighted by Gasteiger charge is 2.50. The van der Waals surface area contributed by atoms with Gasteiger partial charge in [-0.25, -0.2) is 4.99 Å². The van der Waals surface area contributed by atoms with E-state index in [1.54, 1.807) is 0 Å². The average Bonchev–Trinajstić information content (AvgIpc) is 3.17. The minimum Gasteiger partial charge on any atom is -0.493 e. The van der Waals surface area contributed by atoms with Crippen LogP contribution >= 0.6 is 0 Å². The fourth-order valence-electron chi connectivity index (χ4n) is 2.71. The Hall–Kier alpha value is -2.04. The molecule has 1 aromatic carbocycles. The third-order valence-electron chi connectivity index (χ3n) is 3.89. The first-order valence-corrected chi connectivity index (χ1v) is 6.68. The molecule has 1 saturated heterocycles. The molecular formula is C14H15N3O2. The van der Waals surface area contributed by atoms with Gasteiger partial charge in [0, 0.05) is 12.0 Å². The molecule has 1 saturated carbocycles. The fraction of sp³-hybridized carbons (Fsp3) is 0.429. The zero-order valence-corrected chi connectivity index (χ0v) is 10.5. The van der Waals surface area contributed by atoms with Gasteiger partial charge >= 0.3 is 0 Å². The number of ether oxygens (including phenoxy) is 1. The summed E-state index contributed by atoms with van der Waals surface area (Å²) >= 11 is 0. The Labute approximate surface area is 111 Å². The van der Waals surface area contributed by atoms with Gasteiger partial charge < -0.3 is 10.1 Å². The summed E-state index contributed by atoms with van der Waals surface area (Å²) in [5.41, 5.74) is 0.197. The summed E-state index contributed by atoms with van der Waals surface area (Å²) in [4.78, 5) is 16.9. The smallest absolute Gasteiger partial charge is 0.257 e. The Kier molecular flexibility index (Phi) is 2.13. The van der Waals surface area contributed by atoms with Crippen LogP contribution in [0.15, 0.2) is 29.3 Å². The lowest BCUT2D eigenvalue weighted by Gasteiger charge is -2.32.